The molecule has 432 valence electrons. The molecule has 2 aromatic heterocycles. The lowest BCUT2D eigenvalue weighted by atomic mass is 10.0. The Bertz CT molecular complexity index is 3240. The van der Waals surface area contributed by atoms with Crippen molar-refractivity contribution in [2.45, 2.75) is 96.7 Å². The molecule has 8 rings (SSSR count). The molecule has 9 amide bonds. The Morgan fingerprint density at radius 2 is 1.28 bits per heavy atom. The van der Waals surface area contributed by atoms with Gasteiger partial charge < -0.3 is 60.7 Å². The summed E-state index contributed by atoms with van der Waals surface area (Å²) in [6.07, 6.45) is 11.4. The first-order valence-corrected chi connectivity index (χ1v) is 27.6. The van der Waals surface area contributed by atoms with Crippen LogP contribution in [0.3, 0.4) is 0 Å². The van der Waals surface area contributed by atoms with Crippen LogP contribution in [-0.4, -0.2) is 124 Å². The second-order valence-corrected chi connectivity index (χ2v) is 21.1. The van der Waals surface area contributed by atoms with Gasteiger partial charge in [0.1, 0.15) is 23.5 Å². The van der Waals surface area contributed by atoms with E-state index in [1.807, 2.05) is 23.2 Å². The fraction of sp³-hybridized carbons (Fsp3) is 0.383. The highest BCUT2D eigenvalue weighted by atomic mass is 16.5. The number of carbonyl (C=O) groups excluding carboxylic acids is 9. The fourth-order valence-corrected chi connectivity index (χ4v) is 10.0. The van der Waals surface area contributed by atoms with Crippen molar-refractivity contribution in [1.29, 1.82) is 0 Å². The number of piperidine rings is 1. The number of carbonyl (C=O) groups is 9. The van der Waals surface area contributed by atoms with Crippen LogP contribution in [0.5, 0.6) is 11.5 Å². The zero-order valence-corrected chi connectivity index (χ0v) is 47.0. The van der Waals surface area contributed by atoms with Gasteiger partial charge in [0.25, 0.3) is 29.5 Å². The van der Waals surface area contributed by atoms with Crippen LogP contribution in [0.15, 0.2) is 97.3 Å². The number of hydrogen-bond acceptors (Lipinski definition) is 12. The minimum absolute atomic E-state index is 0.0130. The number of hydrogen-bond donors (Lipinski definition) is 7. The SMILES string of the molecule is COc1cc2c(cc1OCCCC(=O)Nc1cc(C(=O)Nc3ccc(-c4cc(C(=O)Nc5ccc(NC(=O)[C@H](C)NC(=O)[C@@H](NC(=O)CCCCCN6C(=O)C=CC6=O)C(C)C)cc5)n(C)c4)cc3)n(C)c1)NC[C@@H]1CCCCN1C2=O. The van der Waals surface area contributed by atoms with Crippen LogP contribution in [-0.2, 0) is 42.9 Å². The van der Waals surface area contributed by atoms with Crippen LogP contribution in [0.1, 0.15) is 110 Å². The second-order valence-electron chi connectivity index (χ2n) is 21.1. The molecule has 3 aliphatic heterocycles. The standard InChI is InChI=1S/C60H71N11O11/c1-36(2)55(67-52(73)14-8-7-10-27-71-53(74)24-25-54(71)75)59(79)62-37(3)56(76)64-41-20-22-42(23-21-41)66-57(77)47-29-39(34-68(47)4)38-16-18-40(19-17-38)65-58(78)48-30-43(35-69(48)5)63-51(72)15-12-28-82-50-32-46-45(31-49(50)81-6)60(80)70-26-11-9-13-44(70)33-61-46/h16-25,29-32,34-37,44,55,61H,7-15,26-28,33H2,1-6H3,(H,62,79)(H,63,72)(H,64,76)(H,65,78)(H,66,77)(H,67,73)/t37-,44-,55-/m0/s1. The van der Waals surface area contributed by atoms with Crippen LogP contribution in [0.25, 0.3) is 11.1 Å². The minimum Gasteiger partial charge on any atom is -0.493 e. The number of anilines is 5. The van der Waals surface area contributed by atoms with E-state index in [4.69, 9.17) is 9.47 Å². The molecule has 0 unspecified atom stereocenters. The first-order valence-electron chi connectivity index (χ1n) is 27.6. The lowest BCUT2D eigenvalue weighted by Gasteiger charge is -2.34. The van der Waals surface area contributed by atoms with Gasteiger partial charge in [-0.15, -0.1) is 0 Å². The van der Waals surface area contributed by atoms with Crippen LogP contribution < -0.4 is 46.7 Å². The van der Waals surface area contributed by atoms with E-state index in [1.165, 1.54) is 26.2 Å². The maximum Gasteiger partial charge on any atom is 0.272 e. The van der Waals surface area contributed by atoms with Crippen molar-refractivity contribution >= 4 is 81.6 Å². The Balaban J connectivity index is 0.749. The van der Waals surface area contributed by atoms with Gasteiger partial charge in [-0.05, 0) is 112 Å². The van der Waals surface area contributed by atoms with Crippen LogP contribution in [0, 0.1) is 5.92 Å². The van der Waals surface area contributed by atoms with Crippen LogP contribution >= 0.6 is 0 Å². The summed E-state index contributed by atoms with van der Waals surface area (Å²) in [4.78, 5) is 119. The molecule has 0 aliphatic carbocycles. The van der Waals surface area contributed by atoms with E-state index in [-0.39, 0.29) is 79.3 Å². The molecule has 5 aromatic rings. The van der Waals surface area contributed by atoms with E-state index >= 15 is 0 Å². The molecule has 7 N–H and O–H groups in total. The number of aromatic nitrogens is 2. The number of rotatable bonds is 24. The van der Waals surface area contributed by atoms with Gasteiger partial charge in [-0.1, -0.05) is 32.4 Å². The summed E-state index contributed by atoms with van der Waals surface area (Å²) >= 11 is 0. The second kappa shape index (κ2) is 26.8. The molecule has 0 bridgehead atoms. The normalized spacial score (nSPS) is 15.4. The van der Waals surface area contributed by atoms with E-state index < -0.39 is 23.9 Å². The first kappa shape index (κ1) is 58.9. The van der Waals surface area contributed by atoms with Gasteiger partial charge >= 0.3 is 0 Å². The van der Waals surface area contributed by atoms with Crippen LogP contribution in [0.2, 0.25) is 0 Å². The van der Waals surface area contributed by atoms with Gasteiger partial charge in [-0.25, -0.2) is 0 Å². The third kappa shape index (κ3) is 14.8. The lowest BCUT2D eigenvalue weighted by molar-refractivity contribution is -0.137. The van der Waals surface area contributed by atoms with E-state index in [2.05, 4.69) is 37.2 Å². The maximum absolute atomic E-state index is 13.5. The van der Waals surface area contributed by atoms with Gasteiger partial charge in [-0.2, -0.15) is 0 Å². The summed E-state index contributed by atoms with van der Waals surface area (Å²) in [7, 11) is 4.99. The summed E-state index contributed by atoms with van der Waals surface area (Å²) in [5.41, 5.74) is 5.41. The molecule has 0 radical (unpaired) electrons. The van der Waals surface area contributed by atoms with Crippen molar-refractivity contribution in [3.05, 3.63) is 114 Å². The average Bonchev–Trinajstić information content (AvgIpc) is 4.18. The number of fused-ring (bicyclic) bond motifs is 2. The first-order chi connectivity index (χ1) is 39.3. The zero-order chi connectivity index (χ0) is 58.6. The molecule has 3 aromatic carbocycles. The molecule has 3 aliphatic rings. The molecule has 5 heterocycles. The predicted molar refractivity (Wildman–Crippen MR) is 309 cm³/mol. The molecule has 22 heteroatoms. The largest absolute Gasteiger partial charge is 0.493 e. The summed E-state index contributed by atoms with van der Waals surface area (Å²) in [5, 5.41) is 20.3. The van der Waals surface area contributed by atoms with Crippen molar-refractivity contribution < 1.29 is 52.6 Å². The molecule has 22 nitrogen and oxygen atoms in total. The summed E-state index contributed by atoms with van der Waals surface area (Å²) in [5.74, 6) is -2.38. The summed E-state index contributed by atoms with van der Waals surface area (Å²) in [6.45, 7) is 7.01. The predicted octanol–water partition coefficient (Wildman–Crippen LogP) is 6.83. The van der Waals surface area contributed by atoms with Crippen LogP contribution in [0.4, 0.5) is 28.4 Å². The molecular weight excluding hydrogens is 1050 g/mol. The van der Waals surface area contributed by atoms with Crippen molar-refractivity contribution in [2.75, 3.05) is 59.9 Å². The van der Waals surface area contributed by atoms with Crippen molar-refractivity contribution in [2.24, 2.45) is 20.0 Å². The number of aryl methyl sites for hydroxylation is 2. The Kier molecular flexibility index (Phi) is 19.3. The summed E-state index contributed by atoms with van der Waals surface area (Å²) < 4.78 is 15.0. The number of benzene rings is 3. The monoisotopic (exact) mass is 1120 g/mol. The van der Waals surface area contributed by atoms with Gasteiger partial charge in [0.2, 0.25) is 23.6 Å². The lowest BCUT2D eigenvalue weighted by Crippen LogP contribution is -2.53. The molecule has 1 saturated heterocycles. The average molecular weight is 1120 g/mol. The third-order valence-electron chi connectivity index (χ3n) is 14.6. The molecule has 3 atom stereocenters. The molecule has 0 saturated carbocycles. The fourth-order valence-electron chi connectivity index (χ4n) is 10.0. The quantitative estimate of drug-likeness (QED) is 0.0248. The zero-order valence-electron chi connectivity index (χ0n) is 47.0. The molecule has 82 heavy (non-hydrogen) atoms. The highest BCUT2D eigenvalue weighted by Crippen LogP contribution is 2.37. The van der Waals surface area contributed by atoms with Crippen molar-refractivity contribution in [3.8, 4) is 22.6 Å². The van der Waals surface area contributed by atoms with E-state index in [1.54, 1.807) is 104 Å². The third-order valence-corrected chi connectivity index (χ3v) is 14.6. The number of methoxy groups -OCH3 is 1. The van der Waals surface area contributed by atoms with Gasteiger partial charge in [-0.3, -0.25) is 48.1 Å². The van der Waals surface area contributed by atoms with Crippen molar-refractivity contribution in [1.82, 2.24) is 29.6 Å². The van der Waals surface area contributed by atoms with Gasteiger partial charge in [0.15, 0.2) is 11.5 Å². The van der Waals surface area contributed by atoms with Gasteiger partial charge in [0.05, 0.1) is 30.7 Å². The smallest absolute Gasteiger partial charge is 0.272 e. The topological polar surface area (TPSA) is 273 Å². The number of unbranched alkanes of at least 4 members (excludes halogenated alkanes) is 2. The molecule has 1 fully saturated rings. The van der Waals surface area contributed by atoms with Gasteiger partial charge in [0, 0.05) is 106 Å². The Hall–Kier alpha value is -9.21. The summed E-state index contributed by atoms with van der Waals surface area (Å²) in [6, 6.07) is 18.8. The highest BCUT2D eigenvalue weighted by molar-refractivity contribution is 6.13. The number of imide groups is 1. The number of amides is 9. The molecule has 0 spiro atoms. The Morgan fingerprint density at radius 1 is 0.646 bits per heavy atom. The Morgan fingerprint density at radius 3 is 1.95 bits per heavy atom. The number of nitrogens with one attached hydrogen (secondary N) is 7. The van der Waals surface area contributed by atoms with E-state index in [0.29, 0.717) is 89.1 Å². The maximum atomic E-state index is 13.5. The number of nitrogens with zero attached hydrogens (tertiary/aromatic N) is 4. The Labute approximate surface area is 475 Å². The highest BCUT2D eigenvalue weighted by Gasteiger charge is 2.33. The number of ether oxygens (including phenoxy) is 2. The van der Waals surface area contributed by atoms with Crippen molar-refractivity contribution in [3.63, 3.8) is 0 Å². The van der Waals surface area contributed by atoms with E-state index in [9.17, 15) is 43.2 Å². The minimum atomic E-state index is -0.950. The molecular formula is C60H71N11O11. The van der Waals surface area contributed by atoms with E-state index in [0.717, 1.165) is 41.8 Å².